The molecule has 1 fully saturated rings. The van der Waals surface area contributed by atoms with Crippen LogP contribution in [-0.2, 0) is 4.74 Å². The summed E-state index contributed by atoms with van der Waals surface area (Å²) in [7, 11) is 0. The molecule has 0 saturated carbocycles. The molecule has 0 bridgehead atoms. The molecule has 2 aromatic rings. The van der Waals surface area contributed by atoms with Gasteiger partial charge in [0.1, 0.15) is 0 Å². The molecule has 0 amide bonds. The molecule has 2 aliphatic rings. The summed E-state index contributed by atoms with van der Waals surface area (Å²) < 4.78 is 33.2. The van der Waals surface area contributed by atoms with Crippen LogP contribution in [-0.4, -0.2) is 6.61 Å². The molecule has 0 aliphatic carbocycles. The van der Waals surface area contributed by atoms with Crippen molar-refractivity contribution in [3.8, 4) is 0 Å². The third-order valence-electron chi connectivity index (χ3n) is 5.46. The number of fused-ring (bicyclic) bond motifs is 3. The second kappa shape index (κ2) is 6.41. The summed E-state index contributed by atoms with van der Waals surface area (Å²) in [5, 5.41) is 3.56. The van der Waals surface area contributed by atoms with Gasteiger partial charge >= 0.3 is 0 Å². The van der Waals surface area contributed by atoms with Crippen molar-refractivity contribution in [2.45, 2.75) is 44.8 Å². The molecule has 0 spiro atoms. The van der Waals surface area contributed by atoms with Gasteiger partial charge in [0.2, 0.25) is 0 Å². The van der Waals surface area contributed by atoms with E-state index in [9.17, 15) is 8.78 Å². The molecule has 2 nitrogen and oxygen atoms in total. The minimum Gasteiger partial charge on any atom is -0.378 e. The van der Waals surface area contributed by atoms with E-state index >= 15 is 0 Å². The van der Waals surface area contributed by atoms with Crippen LogP contribution in [0.15, 0.2) is 36.4 Å². The second-order valence-electron chi connectivity index (χ2n) is 7.39. The van der Waals surface area contributed by atoms with E-state index in [0.717, 1.165) is 30.7 Å². The van der Waals surface area contributed by atoms with Crippen molar-refractivity contribution in [2.24, 2.45) is 5.92 Å². The number of hydrogen-bond donors (Lipinski definition) is 1. The van der Waals surface area contributed by atoms with Gasteiger partial charge in [-0.3, -0.25) is 0 Å². The predicted octanol–water partition coefficient (Wildman–Crippen LogP) is 5.72. The van der Waals surface area contributed by atoms with E-state index in [-0.39, 0.29) is 18.1 Å². The van der Waals surface area contributed by atoms with E-state index in [1.807, 2.05) is 0 Å². The summed E-state index contributed by atoms with van der Waals surface area (Å²) in [6, 6.07) is 10.6. The van der Waals surface area contributed by atoms with E-state index in [1.54, 1.807) is 6.07 Å². The predicted molar refractivity (Wildman–Crippen MR) is 94.7 cm³/mol. The summed E-state index contributed by atoms with van der Waals surface area (Å²) in [5.41, 5.74) is 4.29. The smallest absolute Gasteiger partial charge is 0.159 e. The van der Waals surface area contributed by atoms with Gasteiger partial charge in [0.15, 0.2) is 11.6 Å². The highest BCUT2D eigenvalue weighted by Crippen LogP contribution is 2.49. The van der Waals surface area contributed by atoms with Crippen LogP contribution in [0.5, 0.6) is 0 Å². The van der Waals surface area contributed by atoms with Crippen molar-refractivity contribution in [2.75, 3.05) is 11.9 Å². The number of ether oxygens (including phenoxy) is 1. The van der Waals surface area contributed by atoms with E-state index < -0.39 is 11.6 Å². The SMILES string of the molecule is CC(C)c1ccc2c(c1)C1OCCCC1C(c1ccc(F)c(F)c1)N2. The normalized spacial score (nSPS) is 25.2. The van der Waals surface area contributed by atoms with Crippen molar-refractivity contribution in [3.63, 3.8) is 0 Å². The van der Waals surface area contributed by atoms with E-state index in [0.29, 0.717) is 5.92 Å². The highest BCUT2D eigenvalue weighted by atomic mass is 19.2. The fourth-order valence-corrected chi connectivity index (χ4v) is 4.08. The Morgan fingerprint density at radius 2 is 1.92 bits per heavy atom. The molecule has 3 atom stereocenters. The highest BCUT2D eigenvalue weighted by Gasteiger charge is 2.40. The number of anilines is 1. The maximum atomic E-state index is 13.8. The zero-order chi connectivity index (χ0) is 17.6. The van der Waals surface area contributed by atoms with Crippen LogP contribution >= 0.6 is 0 Å². The Bertz CT molecular complexity index is 789. The molecule has 2 aliphatic heterocycles. The summed E-state index contributed by atoms with van der Waals surface area (Å²) in [5.74, 6) is -0.934. The maximum absolute atomic E-state index is 13.8. The second-order valence-corrected chi connectivity index (χ2v) is 7.39. The lowest BCUT2D eigenvalue weighted by molar-refractivity contribution is -0.0382. The minimum absolute atomic E-state index is 0.00168. The Morgan fingerprint density at radius 1 is 1.08 bits per heavy atom. The molecule has 1 N–H and O–H groups in total. The lowest BCUT2D eigenvalue weighted by Gasteiger charge is -2.43. The van der Waals surface area contributed by atoms with Gasteiger partial charge in [-0.25, -0.2) is 8.78 Å². The van der Waals surface area contributed by atoms with Crippen LogP contribution in [0.2, 0.25) is 0 Å². The van der Waals surface area contributed by atoms with Crippen LogP contribution in [0.25, 0.3) is 0 Å². The molecular weight excluding hydrogens is 320 g/mol. The van der Waals surface area contributed by atoms with Gasteiger partial charge in [-0.05, 0) is 48.1 Å². The quantitative estimate of drug-likeness (QED) is 0.753. The number of halogens is 2. The van der Waals surface area contributed by atoms with Crippen molar-refractivity contribution < 1.29 is 13.5 Å². The molecule has 2 aromatic carbocycles. The molecule has 1 saturated heterocycles. The molecule has 0 aromatic heterocycles. The number of nitrogens with one attached hydrogen (secondary N) is 1. The first-order chi connectivity index (χ1) is 12.0. The zero-order valence-electron chi connectivity index (χ0n) is 14.6. The molecular formula is C21H23F2NO. The van der Waals surface area contributed by atoms with Crippen molar-refractivity contribution in [1.82, 2.24) is 0 Å². The van der Waals surface area contributed by atoms with Gasteiger partial charge < -0.3 is 10.1 Å². The van der Waals surface area contributed by atoms with Crippen molar-refractivity contribution in [1.29, 1.82) is 0 Å². The van der Waals surface area contributed by atoms with Gasteiger partial charge in [0.25, 0.3) is 0 Å². The number of hydrogen-bond acceptors (Lipinski definition) is 2. The largest absolute Gasteiger partial charge is 0.378 e. The van der Waals surface area contributed by atoms with Crippen molar-refractivity contribution in [3.05, 3.63) is 64.7 Å². The Morgan fingerprint density at radius 3 is 2.68 bits per heavy atom. The summed E-state index contributed by atoms with van der Waals surface area (Å²) in [6.45, 7) is 5.11. The number of benzene rings is 2. The van der Waals surface area contributed by atoms with Gasteiger partial charge in [0.05, 0.1) is 12.1 Å². The van der Waals surface area contributed by atoms with Crippen LogP contribution in [0.4, 0.5) is 14.5 Å². The Balaban J connectivity index is 1.76. The highest BCUT2D eigenvalue weighted by molar-refractivity contribution is 5.58. The average Bonchev–Trinajstić information content (AvgIpc) is 2.63. The summed E-state index contributed by atoms with van der Waals surface area (Å²) >= 11 is 0. The van der Waals surface area contributed by atoms with E-state index in [4.69, 9.17) is 4.74 Å². The topological polar surface area (TPSA) is 21.3 Å². The molecule has 4 heteroatoms. The monoisotopic (exact) mass is 343 g/mol. The minimum atomic E-state index is -0.807. The first kappa shape index (κ1) is 16.5. The third kappa shape index (κ3) is 2.93. The van der Waals surface area contributed by atoms with E-state index in [1.165, 1.54) is 23.3 Å². The average molecular weight is 343 g/mol. The van der Waals surface area contributed by atoms with Crippen molar-refractivity contribution >= 4 is 5.69 Å². The Labute approximate surface area is 147 Å². The molecule has 25 heavy (non-hydrogen) atoms. The summed E-state index contributed by atoms with van der Waals surface area (Å²) in [6.07, 6.45) is 2.00. The standard InChI is InChI=1S/C21H23F2NO/c1-12(2)13-6-8-19-16(10-13)21-15(4-3-9-25-21)20(24-19)14-5-7-17(22)18(23)11-14/h5-8,10-12,15,20-21,24H,3-4,9H2,1-2H3. The Hall–Kier alpha value is -1.94. The fraction of sp³-hybridized carbons (Fsp3) is 0.429. The van der Waals surface area contributed by atoms with Gasteiger partial charge in [-0.15, -0.1) is 0 Å². The van der Waals surface area contributed by atoms with Gasteiger partial charge in [0, 0.05) is 23.8 Å². The fourth-order valence-electron chi connectivity index (χ4n) is 4.08. The molecule has 3 unspecified atom stereocenters. The number of rotatable bonds is 2. The Kier molecular flexibility index (Phi) is 4.24. The third-order valence-corrected chi connectivity index (χ3v) is 5.46. The summed E-state index contributed by atoms with van der Waals surface area (Å²) in [4.78, 5) is 0. The van der Waals surface area contributed by atoms with Crippen LogP contribution in [0, 0.1) is 17.6 Å². The lowest BCUT2D eigenvalue weighted by atomic mass is 9.77. The lowest BCUT2D eigenvalue weighted by Crippen LogP contribution is -2.36. The maximum Gasteiger partial charge on any atom is 0.159 e. The van der Waals surface area contributed by atoms with Crippen LogP contribution < -0.4 is 5.32 Å². The first-order valence-corrected chi connectivity index (χ1v) is 9.01. The van der Waals surface area contributed by atoms with Crippen LogP contribution in [0.1, 0.15) is 61.4 Å². The van der Waals surface area contributed by atoms with Crippen LogP contribution in [0.3, 0.4) is 0 Å². The van der Waals surface area contributed by atoms with E-state index in [2.05, 4.69) is 37.4 Å². The molecule has 0 radical (unpaired) electrons. The molecule has 132 valence electrons. The van der Waals surface area contributed by atoms with Gasteiger partial charge in [-0.2, -0.15) is 0 Å². The zero-order valence-corrected chi connectivity index (χ0v) is 14.6. The first-order valence-electron chi connectivity index (χ1n) is 9.01. The molecule has 4 rings (SSSR count). The molecule has 2 heterocycles. The van der Waals surface area contributed by atoms with Gasteiger partial charge in [-0.1, -0.05) is 32.0 Å².